The van der Waals surface area contributed by atoms with Crippen LogP contribution in [0.4, 0.5) is 5.69 Å². The first kappa shape index (κ1) is 20.1. The Hall–Kier alpha value is -2.17. The first-order valence-corrected chi connectivity index (χ1v) is 18.4. The molecule has 0 amide bonds. The van der Waals surface area contributed by atoms with E-state index in [0.29, 0.717) is 0 Å². The van der Waals surface area contributed by atoms with E-state index in [0.717, 1.165) is 0 Å². The minimum absolute atomic E-state index is 1.28. The van der Waals surface area contributed by atoms with E-state index in [4.69, 9.17) is 0 Å². The van der Waals surface area contributed by atoms with Crippen molar-refractivity contribution in [3.63, 3.8) is 0 Å². The van der Waals surface area contributed by atoms with Crippen LogP contribution in [0, 0.1) is 0 Å². The second kappa shape index (κ2) is 9.10. The van der Waals surface area contributed by atoms with Crippen molar-refractivity contribution in [2.24, 2.45) is 0 Å². The van der Waals surface area contributed by atoms with E-state index in [1.165, 1.54) is 21.3 Å². The molecule has 0 saturated carbocycles. The zero-order chi connectivity index (χ0) is 20.1. The van der Waals surface area contributed by atoms with E-state index < -0.39 is 17.0 Å². The first-order chi connectivity index (χ1) is 14.2. The second-order valence-corrected chi connectivity index (χ2v) is 22.6. The summed E-state index contributed by atoms with van der Waals surface area (Å²) < 4.78 is 4.45. The quantitative estimate of drug-likeness (QED) is 0.357. The predicted molar refractivity (Wildman–Crippen MR) is 131 cm³/mol. The van der Waals surface area contributed by atoms with Crippen molar-refractivity contribution >= 4 is 42.4 Å². The molecule has 0 bridgehead atoms. The van der Waals surface area contributed by atoms with Gasteiger partial charge >= 0.3 is 182 Å². The zero-order valence-corrected chi connectivity index (χ0v) is 20.5. The Morgan fingerprint density at radius 2 is 0.897 bits per heavy atom. The normalized spacial score (nSPS) is 11.2. The Balaban J connectivity index is 2.01. The van der Waals surface area contributed by atoms with Crippen molar-refractivity contribution in [3.8, 4) is 0 Å². The van der Waals surface area contributed by atoms with Gasteiger partial charge in [-0.2, -0.15) is 0 Å². The average molecular weight is 502 g/mol. The number of benzene rings is 4. The first-order valence-electron chi connectivity index (χ1n) is 9.84. The van der Waals surface area contributed by atoms with Crippen molar-refractivity contribution in [3.05, 3.63) is 115 Å². The van der Waals surface area contributed by atoms with Gasteiger partial charge in [-0.15, -0.1) is 0 Å². The molecule has 0 aliphatic rings. The van der Waals surface area contributed by atoms with Crippen molar-refractivity contribution < 1.29 is 0 Å². The molecule has 0 aromatic heterocycles. The van der Waals surface area contributed by atoms with Crippen LogP contribution in [0.3, 0.4) is 0 Å². The Kier molecular flexibility index (Phi) is 6.31. The topological polar surface area (TPSA) is 3.24 Å². The maximum absolute atomic E-state index is 3.38. The van der Waals surface area contributed by atoms with E-state index in [2.05, 4.69) is 143 Å². The molecule has 0 aliphatic heterocycles. The number of rotatable bonds is 6. The molecule has 0 unspecified atom stereocenters. The average Bonchev–Trinajstić information content (AvgIpc) is 2.79. The molecule has 0 aliphatic carbocycles. The van der Waals surface area contributed by atoms with E-state index in [9.17, 15) is 0 Å². The fraction of sp³-hybridized carbons (Fsp3) is 0.0769. The number of nitrogens with zero attached hydrogens (tertiary/aromatic N) is 1. The molecular formula is C26H25NSSn. The van der Waals surface area contributed by atoms with Crippen LogP contribution in [-0.2, 0) is 0 Å². The van der Waals surface area contributed by atoms with Crippen LogP contribution in [0.25, 0.3) is 0 Å². The summed E-state index contributed by atoms with van der Waals surface area (Å²) in [4.78, 5) is 3.57. The van der Waals surface area contributed by atoms with E-state index in [1.54, 1.807) is 0 Å². The van der Waals surface area contributed by atoms with Crippen LogP contribution in [0.5, 0.6) is 0 Å². The van der Waals surface area contributed by atoms with Crippen LogP contribution < -0.4 is 15.6 Å². The van der Waals surface area contributed by atoms with Gasteiger partial charge in [0.1, 0.15) is 0 Å². The van der Waals surface area contributed by atoms with Gasteiger partial charge in [-0.3, -0.25) is 0 Å². The summed E-state index contributed by atoms with van der Waals surface area (Å²) in [6.07, 6.45) is 0. The van der Waals surface area contributed by atoms with Crippen molar-refractivity contribution in [2.75, 3.05) is 19.0 Å². The summed E-state index contributed by atoms with van der Waals surface area (Å²) in [6, 6.07) is 42.3. The van der Waals surface area contributed by atoms with Gasteiger partial charge in [-0.05, 0) is 0 Å². The molecule has 3 heteroatoms. The van der Waals surface area contributed by atoms with Crippen LogP contribution in [0.1, 0.15) is 0 Å². The van der Waals surface area contributed by atoms with Gasteiger partial charge in [0.2, 0.25) is 0 Å². The summed E-state index contributed by atoms with van der Waals surface area (Å²) in [5.74, 6) is 0. The third-order valence-corrected chi connectivity index (χ3v) is 25.1. The van der Waals surface area contributed by atoms with Crippen molar-refractivity contribution in [1.82, 2.24) is 0 Å². The summed E-state index contributed by atoms with van der Waals surface area (Å²) >= 11 is -3.38. The molecule has 0 spiro atoms. The Morgan fingerprint density at radius 1 is 0.517 bits per heavy atom. The number of anilines is 1. The summed E-state index contributed by atoms with van der Waals surface area (Å²) in [7, 11) is 6.38. The van der Waals surface area contributed by atoms with Crippen LogP contribution in [0.2, 0.25) is 0 Å². The van der Waals surface area contributed by atoms with Gasteiger partial charge in [0.25, 0.3) is 0 Å². The molecule has 0 N–H and O–H groups in total. The van der Waals surface area contributed by atoms with Crippen LogP contribution in [0.15, 0.2) is 120 Å². The number of hydrogen-bond acceptors (Lipinski definition) is 2. The monoisotopic (exact) mass is 503 g/mol. The molecule has 0 fully saturated rings. The summed E-state index contributed by atoms with van der Waals surface area (Å²) in [5.41, 5.74) is 1.28. The van der Waals surface area contributed by atoms with Gasteiger partial charge in [-0.1, -0.05) is 0 Å². The van der Waals surface area contributed by atoms with Gasteiger partial charge in [-0.25, -0.2) is 0 Å². The molecule has 4 rings (SSSR count). The molecule has 0 atom stereocenters. The number of hydrogen-bond donors (Lipinski definition) is 0. The van der Waals surface area contributed by atoms with Crippen LogP contribution >= 0.6 is 8.95 Å². The van der Waals surface area contributed by atoms with Crippen molar-refractivity contribution in [1.29, 1.82) is 0 Å². The molecule has 0 saturated heterocycles. The third kappa shape index (κ3) is 4.10. The molecule has 0 heterocycles. The summed E-state index contributed by atoms with van der Waals surface area (Å²) in [5, 5.41) is 0. The summed E-state index contributed by atoms with van der Waals surface area (Å²) in [6.45, 7) is 0. The van der Waals surface area contributed by atoms with Gasteiger partial charge < -0.3 is 0 Å². The molecule has 4 aromatic rings. The number of para-hydroxylation sites is 1. The minimum atomic E-state index is -3.38. The van der Waals surface area contributed by atoms with Gasteiger partial charge in [0.15, 0.2) is 0 Å². The molecule has 0 radical (unpaired) electrons. The molecule has 4 aromatic carbocycles. The van der Waals surface area contributed by atoms with Gasteiger partial charge in [0.05, 0.1) is 0 Å². The fourth-order valence-corrected chi connectivity index (χ4v) is 23.5. The van der Waals surface area contributed by atoms with Gasteiger partial charge in [0, 0.05) is 0 Å². The van der Waals surface area contributed by atoms with Crippen molar-refractivity contribution in [2.45, 2.75) is 4.90 Å². The predicted octanol–water partition coefficient (Wildman–Crippen LogP) is 4.51. The van der Waals surface area contributed by atoms with Crippen LogP contribution in [-0.4, -0.2) is 31.1 Å². The Labute approximate surface area is 180 Å². The molecular weight excluding hydrogens is 477 g/mol. The zero-order valence-electron chi connectivity index (χ0n) is 16.8. The van der Waals surface area contributed by atoms with E-state index in [-0.39, 0.29) is 0 Å². The Bertz CT molecular complexity index is 953. The van der Waals surface area contributed by atoms with E-state index in [1.807, 2.05) is 0 Å². The SMILES string of the molecule is CN(C)c1ccccc1[S][Sn]([c]1ccccc1)([c]1ccccc1)[c]1ccccc1. The molecule has 1 nitrogen and oxygen atoms in total. The maximum atomic E-state index is 2.33. The molecule has 29 heavy (non-hydrogen) atoms. The second-order valence-electron chi connectivity index (χ2n) is 7.24. The van der Waals surface area contributed by atoms with E-state index >= 15 is 0 Å². The fourth-order valence-electron chi connectivity index (χ4n) is 3.77. The Morgan fingerprint density at radius 3 is 1.31 bits per heavy atom. The molecule has 144 valence electrons. The standard InChI is InChI=1S/C8H11NS.3C6H5.Sn/c1-9(2)7-5-3-4-6-8(7)10;3*1-2-4-6-5-3-1;/h3-6,10H,1-2H3;3*1-5H;/q;;;;+1/p-1. The third-order valence-electron chi connectivity index (χ3n) is 5.15.